The van der Waals surface area contributed by atoms with Gasteiger partial charge in [-0.2, -0.15) is 11.8 Å². The summed E-state index contributed by atoms with van der Waals surface area (Å²) < 4.78 is 13.5. The zero-order chi connectivity index (χ0) is 18.2. The van der Waals surface area contributed by atoms with Crippen LogP contribution in [0.4, 0.5) is 15.8 Å². The summed E-state index contributed by atoms with van der Waals surface area (Å²) in [7, 11) is 1.58. The number of anilines is 1. The highest BCUT2D eigenvalue weighted by Crippen LogP contribution is 2.25. The van der Waals surface area contributed by atoms with E-state index in [1.54, 1.807) is 25.2 Å². The lowest BCUT2D eigenvalue weighted by Gasteiger charge is -2.07. The van der Waals surface area contributed by atoms with Crippen molar-refractivity contribution in [1.82, 2.24) is 5.32 Å². The van der Waals surface area contributed by atoms with Gasteiger partial charge < -0.3 is 10.6 Å². The second kappa shape index (κ2) is 9.03. The molecule has 1 amide bonds. The fourth-order valence-corrected chi connectivity index (χ4v) is 3.02. The van der Waals surface area contributed by atoms with E-state index >= 15 is 0 Å². The summed E-state index contributed by atoms with van der Waals surface area (Å²) in [6.07, 6.45) is 0. The molecule has 0 bridgehead atoms. The average molecular weight is 363 g/mol. The number of nitro groups is 1. The molecule has 2 rings (SSSR count). The first-order valence-electron chi connectivity index (χ1n) is 7.58. The molecule has 0 aliphatic carbocycles. The lowest BCUT2D eigenvalue weighted by Crippen LogP contribution is -2.25. The van der Waals surface area contributed by atoms with Gasteiger partial charge in [0, 0.05) is 36.7 Å². The van der Waals surface area contributed by atoms with Crippen LogP contribution < -0.4 is 10.6 Å². The average Bonchev–Trinajstić information content (AvgIpc) is 2.62. The molecule has 0 aliphatic heterocycles. The van der Waals surface area contributed by atoms with Gasteiger partial charge >= 0.3 is 0 Å². The minimum absolute atomic E-state index is 0.149. The third-order valence-electron chi connectivity index (χ3n) is 3.47. The Morgan fingerprint density at radius 3 is 2.72 bits per heavy atom. The maximum absolute atomic E-state index is 13.5. The minimum atomic E-state index is -0.535. The number of benzene rings is 2. The van der Waals surface area contributed by atoms with E-state index in [2.05, 4.69) is 10.6 Å². The van der Waals surface area contributed by atoms with Crippen molar-refractivity contribution >= 4 is 29.0 Å². The molecule has 2 N–H and O–H groups in total. The summed E-state index contributed by atoms with van der Waals surface area (Å²) in [5, 5.41) is 16.4. The number of carbonyl (C=O) groups is 1. The molecule has 0 saturated carbocycles. The lowest BCUT2D eigenvalue weighted by atomic mass is 10.1. The van der Waals surface area contributed by atoms with Crippen LogP contribution in [0, 0.1) is 15.9 Å². The number of amides is 1. The molecule has 132 valence electrons. The van der Waals surface area contributed by atoms with Crippen LogP contribution in [0.1, 0.15) is 15.9 Å². The first-order valence-corrected chi connectivity index (χ1v) is 8.74. The molecule has 25 heavy (non-hydrogen) atoms. The molecule has 6 nitrogen and oxygen atoms in total. The number of rotatable bonds is 8. The number of nitrogens with one attached hydrogen (secondary N) is 2. The van der Waals surface area contributed by atoms with Crippen molar-refractivity contribution in [2.75, 3.05) is 24.7 Å². The highest BCUT2D eigenvalue weighted by molar-refractivity contribution is 7.98. The number of halogens is 1. The Labute approximate surface area is 149 Å². The van der Waals surface area contributed by atoms with Crippen LogP contribution in [-0.4, -0.2) is 30.2 Å². The van der Waals surface area contributed by atoms with Gasteiger partial charge in [-0.15, -0.1) is 0 Å². The second-order valence-corrected chi connectivity index (χ2v) is 6.24. The largest absolute Gasteiger partial charge is 0.383 e. The molecule has 0 spiro atoms. The maximum atomic E-state index is 13.5. The summed E-state index contributed by atoms with van der Waals surface area (Å²) >= 11 is 1.50. The van der Waals surface area contributed by atoms with Gasteiger partial charge in [0.15, 0.2) is 0 Å². The van der Waals surface area contributed by atoms with Crippen LogP contribution in [-0.2, 0) is 5.75 Å². The molecule has 0 aromatic heterocycles. The summed E-state index contributed by atoms with van der Waals surface area (Å²) in [4.78, 5) is 22.6. The number of hydrogen-bond donors (Lipinski definition) is 2. The van der Waals surface area contributed by atoms with E-state index in [1.807, 2.05) is 0 Å². The lowest BCUT2D eigenvalue weighted by molar-refractivity contribution is -0.384. The standard InChI is InChI=1S/C17H18FN3O3S/c1-19-15-7-6-12(10-16(15)21(23)24)17(22)20-8-9-25-11-13-4-2-3-5-14(13)18/h2-7,10,19H,8-9,11H2,1H3,(H,20,22). The van der Waals surface area contributed by atoms with E-state index < -0.39 is 4.92 Å². The van der Waals surface area contributed by atoms with Gasteiger partial charge in [0.1, 0.15) is 11.5 Å². The number of thioether (sulfide) groups is 1. The summed E-state index contributed by atoms with van der Waals surface area (Å²) in [6, 6.07) is 10.8. The third-order valence-corrected chi connectivity index (χ3v) is 4.48. The molecule has 8 heteroatoms. The zero-order valence-corrected chi connectivity index (χ0v) is 14.4. The van der Waals surface area contributed by atoms with Crippen LogP contribution in [0.5, 0.6) is 0 Å². The Morgan fingerprint density at radius 2 is 2.04 bits per heavy atom. The topological polar surface area (TPSA) is 84.3 Å². The van der Waals surface area contributed by atoms with Crippen LogP contribution in [0.2, 0.25) is 0 Å². The number of nitrogens with zero attached hydrogens (tertiary/aromatic N) is 1. The monoisotopic (exact) mass is 363 g/mol. The molecule has 2 aromatic rings. The van der Waals surface area contributed by atoms with Crippen molar-refractivity contribution in [2.24, 2.45) is 0 Å². The highest BCUT2D eigenvalue weighted by Gasteiger charge is 2.16. The smallest absolute Gasteiger partial charge is 0.293 e. The van der Waals surface area contributed by atoms with E-state index in [4.69, 9.17) is 0 Å². The van der Waals surface area contributed by atoms with E-state index in [-0.39, 0.29) is 23.0 Å². The zero-order valence-electron chi connectivity index (χ0n) is 13.6. The van der Waals surface area contributed by atoms with E-state index in [1.165, 1.54) is 36.0 Å². The van der Waals surface area contributed by atoms with E-state index in [0.29, 0.717) is 29.3 Å². The maximum Gasteiger partial charge on any atom is 0.293 e. The summed E-state index contributed by atoms with van der Waals surface area (Å²) in [6.45, 7) is 0.388. The second-order valence-electron chi connectivity index (χ2n) is 5.14. The van der Waals surface area contributed by atoms with Crippen LogP contribution >= 0.6 is 11.8 Å². The summed E-state index contributed by atoms with van der Waals surface area (Å²) in [5.74, 6) is 0.509. The van der Waals surface area contributed by atoms with E-state index in [9.17, 15) is 19.3 Å². The molecule has 0 radical (unpaired) electrons. The van der Waals surface area contributed by atoms with Crippen molar-refractivity contribution in [2.45, 2.75) is 5.75 Å². The van der Waals surface area contributed by atoms with Gasteiger partial charge in [0.25, 0.3) is 11.6 Å². The predicted octanol–water partition coefficient (Wildman–Crippen LogP) is 3.44. The fraction of sp³-hybridized carbons (Fsp3) is 0.235. The minimum Gasteiger partial charge on any atom is -0.383 e. The first kappa shape index (κ1) is 18.7. The van der Waals surface area contributed by atoms with Crippen molar-refractivity contribution in [3.05, 3.63) is 69.5 Å². The van der Waals surface area contributed by atoms with Gasteiger partial charge in [-0.25, -0.2) is 4.39 Å². The molecular weight excluding hydrogens is 345 g/mol. The number of carbonyl (C=O) groups excluding carboxylic acids is 1. The molecule has 0 saturated heterocycles. The molecule has 0 fully saturated rings. The quantitative estimate of drug-likeness (QED) is 0.426. The van der Waals surface area contributed by atoms with Gasteiger partial charge in [-0.3, -0.25) is 14.9 Å². The van der Waals surface area contributed by atoms with Crippen molar-refractivity contribution in [1.29, 1.82) is 0 Å². The number of hydrogen-bond acceptors (Lipinski definition) is 5. The van der Waals surface area contributed by atoms with Crippen LogP contribution in [0.15, 0.2) is 42.5 Å². The van der Waals surface area contributed by atoms with Gasteiger partial charge in [-0.1, -0.05) is 18.2 Å². The third kappa shape index (κ3) is 5.18. The van der Waals surface area contributed by atoms with Gasteiger partial charge in [0.05, 0.1) is 4.92 Å². The Morgan fingerprint density at radius 1 is 1.28 bits per heavy atom. The van der Waals surface area contributed by atoms with Crippen molar-refractivity contribution < 1.29 is 14.1 Å². The first-order chi connectivity index (χ1) is 12.0. The van der Waals surface area contributed by atoms with Gasteiger partial charge in [-0.05, 0) is 23.8 Å². The summed E-state index contributed by atoms with van der Waals surface area (Å²) in [5.41, 5.74) is 1.05. The molecule has 0 unspecified atom stereocenters. The predicted molar refractivity (Wildman–Crippen MR) is 97.5 cm³/mol. The molecule has 2 aromatic carbocycles. The Balaban J connectivity index is 1.83. The van der Waals surface area contributed by atoms with Gasteiger partial charge in [0.2, 0.25) is 0 Å². The van der Waals surface area contributed by atoms with Crippen molar-refractivity contribution in [3.8, 4) is 0 Å². The SMILES string of the molecule is CNc1ccc(C(=O)NCCSCc2ccccc2F)cc1[N+](=O)[O-]. The Kier molecular flexibility index (Phi) is 6.76. The molecule has 0 heterocycles. The van der Waals surface area contributed by atoms with E-state index in [0.717, 1.165) is 0 Å². The Hall–Kier alpha value is -2.61. The molecule has 0 atom stereocenters. The van der Waals surface area contributed by atoms with Crippen molar-refractivity contribution in [3.63, 3.8) is 0 Å². The number of nitro benzene ring substituents is 1. The van der Waals surface area contributed by atoms with Crippen LogP contribution in [0.3, 0.4) is 0 Å². The Bertz CT molecular complexity index is 771. The molecule has 0 aliphatic rings. The fourth-order valence-electron chi connectivity index (χ4n) is 2.17. The normalized spacial score (nSPS) is 10.3. The highest BCUT2D eigenvalue weighted by atomic mass is 32.2. The van der Waals surface area contributed by atoms with Crippen LogP contribution in [0.25, 0.3) is 0 Å². The molecular formula is C17H18FN3O3S.